The molecule has 1 amide bonds. The van der Waals surface area contributed by atoms with E-state index in [1.165, 1.54) is 295 Å². The number of hydrogen-bond acceptors (Lipinski definition) is 5. The Morgan fingerprint density at radius 2 is 0.667 bits per heavy atom. The topological polar surface area (TPSA) is 95.9 Å². The summed E-state index contributed by atoms with van der Waals surface area (Å²) >= 11 is 0. The molecule has 0 saturated heterocycles. The Morgan fingerprint density at radius 1 is 0.373 bits per heavy atom. The van der Waals surface area contributed by atoms with Gasteiger partial charge in [-0.05, 0) is 64.2 Å². The van der Waals surface area contributed by atoms with Gasteiger partial charge in [-0.15, -0.1) is 0 Å². The van der Waals surface area contributed by atoms with Gasteiger partial charge in [0.1, 0.15) is 0 Å². The van der Waals surface area contributed by atoms with Gasteiger partial charge in [-0.2, -0.15) is 0 Å². The molecule has 0 saturated carbocycles. The quantitative estimate of drug-likeness (QED) is 0.0320. The molecule has 0 rings (SSSR count). The Morgan fingerprint density at radius 3 is 1.01 bits per heavy atom. The SMILES string of the molecule is CCCCCCCCCCCCCCC/C=C/C(O)C(CO)NC(=O)CCCCCCCCCCCCC/C=C\C/C=C\CCCCCCCCCCCOC(=O)CCCCCCCCCCCCCCCCCC. The Labute approximate surface area is 468 Å². The van der Waals surface area contributed by atoms with Gasteiger partial charge in [-0.25, -0.2) is 0 Å². The van der Waals surface area contributed by atoms with Crippen LogP contribution < -0.4 is 5.32 Å². The lowest BCUT2D eigenvalue weighted by Crippen LogP contribution is -2.45. The maximum atomic E-state index is 12.5. The van der Waals surface area contributed by atoms with Crippen LogP contribution in [-0.2, 0) is 14.3 Å². The van der Waals surface area contributed by atoms with E-state index in [0.29, 0.717) is 19.4 Å². The number of allylic oxidation sites excluding steroid dienone is 5. The summed E-state index contributed by atoms with van der Waals surface area (Å²) in [5.41, 5.74) is 0. The van der Waals surface area contributed by atoms with Crippen LogP contribution in [0, 0.1) is 0 Å². The molecule has 0 spiro atoms. The molecule has 0 fully saturated rings. The van der Waals surface area contributed by atoms with Crippen LogP contribution in [0.25, 0.3) is 0 Å². The first-order valence-electron chi connectivity index (χ1n) is 33.8. The summed E-state index contributed by atoms with van der Waals surface area (Å²) in [5, 5.41) is 23.1. The summed E-state index contributed by atoms with van der Waals surface area (Å²) in [4.78, 5) is 24.6. The van der Waals surface area contributed by atoms with Crippen LogP contribution >= 0.6 is 0 Å². The van der Waals surface area contributed by atoms with E-state index in [1.54, 1.807) is 6.08 Å². The second-order valence-corrected chi connectivity index (χ2v) is 23.2. The molecule has 6 nitrogen and oxygen atoms in total. The van der Waals surface area contributed by atoms with E-state index >= 15 is 0 Å². The zero-order chi connectivity index (χ0) is 54.3. The molecular formula is C69H131NO5. The molecular weight excluding hydrogens is 923 g/mol. The standard InChI is InChI=1S/C69H131NO5/c1-3-5-7-9-11-13-15-17-19-35-39-43-47-51-55-59-63-69(74)75-64-60-56-52-48-44-40-36-32-30-28-26-24-22-20-21-23-25-27-29-31-34-38-42-46-50-54-58-62-68(73)70-66(65-71)67(72)61-57-53-49-45-41-37-33-18-16-14-12-10-8-6-4-2/h20-21,24,26,57,61,66-67,71-72H,3-19,22-23,25,27-56,58-60,62-65H2,1-2H3,(H,70,73)/b21-20-,26-24-,61-57+. The lowest BCUT2D eigenvalue weighted by Gasteiger charge is -2.20. The van der Waals surface area contributed by atoms with E-state index in [1.807, 2.05) is 6.08 Å². The Bertz CT molecular complexity index is 1210. The normalized spacial score (nSPS) is 12.7. The molecule has 0 aliphatic heterocycles. The number of nitrogens with one attached hydrogen (secondary N) is 1. The molecule has 2 unspecified atom stereocenters. The Balaban J connectivity index is 3.42. The molecule has 0 aromatic carbocycles. The number of unbranched alkanes of at least 4 members (excludes halogenated alkanes) is 48. The molecule has 0 heterocycles. The van der Waals surface area contributed by atoms with Crippen LogP contribution in [0.15, 0.2) is 36.5 Å². The first-order chi connectivity index (χ1) is 37.0. The minimum atomic E-state index is -0.847. The summed E-state index contributed by atoms with van der Waals surface area (Å²) in [6, 6.07) is -0.630. The van der Waals surface area contributed by atoms with Crippen molar-refractivity contribution in [2.45, 2.75) is 379 Å². The van der Waals surface area contributed by atoms with Crippen LogP contribution in [0.5, 0.6) is 0 Å². The van der Waals surface area contributed by atoms with Crippen LogP contribution in [-0.4, -0.2) is 47.4 Å². The molecule has 0 aliphatic carbocycles. The highest BCUT2D eigenvalue weighted by Crippen LogP contribution is 2.18. The summed E-state index contributed by atoms with van der Waals surface area (Å²) in [7, 11) is 0. The molecule has 0 aromatic rings. The molecule has 2 atom stereocenters. The summed E-state index contributed by atoms with van der Waals surface area (Å²) in [6.45, 7) is 4.93. The average molecular weight is 1050 g/mol. The van der Waals surface area contributed by atoms with Crippen molar-refractivity contribution in [3.8, 4) is 0 Å². The maximum absolute atomic E-state index is 12.5. The van der Waals surface area contributed by atoms with Crippen molar-refractivity contribution in [2.24, 2.45) is 0 Å². The zero-order valence-corrected chi connectivity index (χ0v) is 50.5. The number of aliphatic hydroxyl groups is 2. The van der Waals surface area contributed by atoms with E-state index in [4.69, 9.17) is 4.74 Å². The largest absolute Gasteiger partial charge is 0.466 e. The minimum Gasteiger partial charge on any atom is -0.466 e. The van der Waals surface area contributed by atoms with Gasteiger partial charge in [0.25, 0.3) is 0 Å². The first kappa shape index (κ1) is 73.1. The first-order valence-corrected chi connectivity index (χ1v) is 33.8. The van der Waals surface area contributed by atoms with Crippen molar-refractivity contribution in [1.29, 1.82) is 0 Å². The van der Waals surface area contributed by atoms with E-state index in [0.717, 1.165) is 44.9 Å². The fraction of sp³-hybridized carbons (Fsp3) is 0.884. The van der Waals surface area contributed by atoms with Crippen molar-refractivity contribution in [3.05, 3.63) is 36.5 Å². The van der Waals surface area contributed by atoms with E-state index in [2.05, 4.69) is 43.5 Å². The van der Waals surface area contributed by atoms with Crippen molar-refractivity contribution in [1.82, 2.24) is 5.32 Å². The third kappa shape index (κ3) is 61.2. The van der Waals surface area contributed by atoms with Gasteiger partial charge >= 0.3 is 5.97 Å². The highest BCUT2D eigenvalue weighted by atomic mass is 16.5. The van der Waals surface area contributed by atoms with Gasteiger partial charge in [0, 0.05) is 12.8 Å². The van der Waals surface area contributed by atoms with Crippen molar-refractivity contribution in [2.75, 3.05) is 13.2 Å². The smallest absolute Gasteiger partial charge is 0.305 e. The highest BCUT2D eigenvalue weighted by molar-refractivity contribution is 5.76. The van der Waals surface area contributed by atoms with Crippen LogP contribution in [0.2, 0.25) is 0 Å². The third-order valence-corrected chi connectivity index (χ3v) is 15.7. The molecule has 6 heteroatoms. The zero-order valence-electron chi connectivity index (χ0n) is 50.5. The highest BCUT2D eigenvalue weighted by Gasteiger charge is 2.18. The number of hydrogen-bond donors (Lipinski definition) is 3. The Hall–Kier alpha value is -1.92. The summed E-state index contributed by atoms with van der Waals surface area (Å²) in [5.74, 6) is -0.0555. The van der Waals surface area contributed by atoms with Crippen LogP contribution in [0.4, 0.5) is 0 Å². The number of carbonyl (C=O) groups excluding carboxylic acids is 2. The predicted molar refractivity (Wildman–Crippen MR) is 329 cm³/mol. The van der Waals surface area contributed by atoms with Crippen LogP contribution in [0.1, 0.15) is 367 Å². The van der Waals surface area contributed by atoms with Gasteiger partial charge < -0.3 is 20.3 Å². The number of rotatable bonds is 63. The summed E-state index contributed by atoms with van der Waals surface area (Å²) in [6.07, 6.45) is 82.1. The summed E-state index contributed by atoms with van der Waals surface area (Å²) < 4.78 is 5.49. The second kappa shape index (κ2) is 64.6. The maximum Gasteiger partial charge on any atom is 0.305 e. The minimum absolute atomic E-state index is 0.0140. The Kier molecular flexibility index (Phi) is 63.0. The molecule has 442 valence electrons. The molecule has 0 aromatic heterocycles. The van der Waals surface area contributed by atoms with Crippen molar-refractivity contribution in [3.63, 3.8) is 0 Å². The molecule has 0 bridgehead atoms. The second-order valence-electron chi connectivity index (χ2n) is 23.2. The lowest BCUT2D eigenvalue weighted by atomic mass is 10.0. The van der Waals surface area contributed by atoms with E-state index < -0.39 is 12.1 Å². The fourth-order valence-electron chi connectivity index (χ4n) is 10.5. The number of carbonyl (C=O) groups is 2. The molecule has 0 aliphatic rings. The molecule has 0 radical (unpaired) electrons. The number of aliphatic hydroxyl groups excluding tert-OH is 2. The molecule has 3 N–H and O–H groups in total. The number of esters is 1. The molecule has 75 heavy (non-hydrogen) atoms. The van der Waals surface area contributed by atoms with Gasteiger partial charge in [0.2, 0.25) is 5.91 Å². The van der Waals surface area contributed by atoms with Gasteiger partial charge in [-0.3, -0.25) is 9.59 Å². The predicted octanol–water partition coefficient (Wildman–Crippen LogP) is 21.5. The van der Waals surface area contributed by atoms with Gasteiger partial charge in [0.15, 0.2) is 0 Å². The van der Waals surface area contributed by atoms with Crippen molar-refractivity contribution >= 4 is 11.9 Å². The monoisotopic (exact) mass is 1050 g/mol. The van der Waals surface area contributed by atoms with Crippen molar-refractivity contribution < 1.29 is 24.5 Å². The fourth-order valence-corrected chi connectivity index (χ4v) is 10.5. The number of amides is 1. The van der Waals surface area contributed by atoms with Gasteiger partial charge in [-0.1, -0.05) is 326 Å². The lowest BCUT2D eigenvalue weighted by molar-refractivity contribution is -0.143. The van der Waals surface area contributed by atoms with E-state index in [9.17, 15) is 19.8 Å². The van der Waals surface area contributed by atoms with Crippen LogP contribution in [0.3, 0.4) is 0 Å². The van der Waals surface area contributed by atoms with E-state index in [-0.39, 0.29) is 18.5 Å². The number of ether oxygens (including phenoxy) is 1. The third-order valence-electron chi connectivity index (χ3n) is 15.7. The van der Waals surface area contributed by atoms with Gasteiger partial charge in [0.05, 0.1) is 25.4 Å². The average Bonchev–Trinajstić information content (AvgIpc) is 3.41.